The fourth-order valence-electron chi connectivity index (χ4n) is 2.42. The molecule has 1 aliphatic heterocycles. The molecule has 0 atom stereocenters. The maximum atomic E-state index is 13.7. The third-order valence-corrected chi connectivity index (χ3v) is 4.01. The van der Waals surface area contributed by atoms with Crippen molar-refractivity contribution in [3.05, 3.63) is 63.4 Å². The Morgan fingerprint density at radius 1 is 1.26 bits per heavy atom. The van der Waals surface area contributed by atoms with Crippen LogP contribution in [-0.4, -0.2) is 5.84 Å². The highest BCUT2D eigenvalue weighted by Gasteiger charge is 2.26. The first-order valence-corrected chi connectivity index (χ1v) is 6.77. The van der Waals surface area contributed by atoms with Crippen LogP contribution in [0.1, 0.15) is 16.7 Å². The van der Waals surface area contributed by atoms with Crippen LogP contribution in [-0.2, 0) is 6.54 Å². The van der Waals surface area contributed by atoms with Crippen molar-refractivity contribution >= 4 is 27.5 Å². The molecule has 96 valence electrons. The molecule has 1 N–H and O–H groups in total. The lowest BCUT2D eigenvalue weighted by atomic mass is 10.1. The maximum absolute atomic E-state index is 13.7. The molecule has 0 saturated carbocycles. The molecular weight excluding hydrogens is 307 g/mol. The highest BCUT2D eigenvalue weighted by atomic mass is 79.9. The van der Waals surface area contributed by atoms with E-state index in [1.165, 1.54) is 6.07 Å². The van der Waals surface area contributed by atoms with E-state index in [-0.39, 0.29) is 5.82 Å². The number of fused-ring (bicyclic) bond motifs is 1. The van der Waals surface area contributed by atoms with Crippen LogP contribution in [0.3, 0.4) is 0 Å². The quantitative estimate of drug-likeness (QED) is 0.836. The molecule has 0 amide bonds. The average molecular weight is 319 g/mol. The van der Waals surface area contributed by atoms with E-state index in [4.69, 9.17) is 5.41 Å². The van der Waals surface area contributed by atoms with E-state index in [1.54, 1.807) is 6.07 Å². The molecule has 0 unspecified atom stereocenters. The highest BCUT2D eigenvalue weighted by Crippen LogP contribution is 2.32. The summed E-state index contributed by atoms with van der Waals surface area (Å²) < 4.78 is 14.2. The van der Waals surface area contributed by atoms with Gasteiger partial charge >= 0.3 is 0 Å². The molecule has 0 saturated heterocycles. The number of hydrogen-bond donors (Lipinski definition) is 1. The molecule has 0 radical (unpaired) electrons. The second kappa shape index (κ2) is 4.46. The minimum Gasteiger partial charge on any atom is -0.322 e. The first-order chi connectivity index (χ1) is 9.08. The topological polar surface area (TPSA) is 27.1 Å². The zero-order valence-electron chi connectivity index (χ0n) is 10.4. The number of anilines is 1. The number of halogens is 2. The summed E-state index contributed by atoms with van der Waals surface area (Å²) in [4.78, 5) is 1.84. The third-order valence-electron chi connectivity index (χ3n) is 3.40. The van der Waals surface area contributed by atoms with Gasteiger partial charge in [0.05, 0.1) is 11.0 Å². The van der Waals surface area contributed by atoms with Crippen LogP contribution in [0.4, 0.5) is 10.1 Å². The predicted octanol–water partition coefficient (Wildman–Crippen LogP) is 4.24. The van der Waals surface area contributed by atoms with E-state index in [1.807, 2.05) is 36.1 Å². The summed E-state index contributed by atoms with van der Waals surface area (Å²) in [5, 5.41) is 8.24. The van der Waals surface area contributed by atoms with Gasteiger partial charge < -0.3 is 4.90 Å². The maximum Gasteiger partial charge on any atom is 0.139 e. The first kappa shape index (κ1) is 12.4. The number of benzene rings is 2. The zero-order valence-corrected chi connectivity index (χ0v) is 12.0. The van der Waals surface area contributed by atoms with Crippen molar-refractivity contribution in [1.82, 2.24) is 0 Å². The van der Waals surface area contributed by atoms with Crippen molar-refractivity contribution in [1.29, 1.82) is 5.41 Å². The van der Waals surface area contributed by atoms with Crippen LogP contribution >= 0.6 is 15.9 Å². The Morgan fingerprint density at radius 3 is 2.74 bits per heavy atom. The van der Waals surface area contributed by atoms with Gasteiger partial charge in [0.2, 0.25) is 0 Å². The Hall–Kier alpha value is -1.68. The van der Waals surface area contributed by atoms with Crippen molar-refractivity contribution in [2.75, 3.05) is 4.90 Å². The lowest BCUT2D eigenvalue weighted by molar-refractivity contribution is 0.620. The van der Waals surface area contributed by atoms with Gasteiger partial charge in [0.1, 0.15) is 11.7 Å². The molecule has 2 nitrogen and oxygen atoms in total. The van der Waals surface area contributed by atoms with Crippen molar-refractivity contribution in [3.8, 4) is 0 Å². The Morgan fingerprint density at radius 2 is 2.00 bits per heavy atom. The van der Waals surface area contributed by atoms with Gasteiger partial charge in [0.25, 0.3) is 0 Å². The molecule has 1 aliphatic rings. The smallest absolute Gasteiger partial charge is 0.139 e. The summed E-state index contributed by atoms with van der Waals surface area (Å²) in [7, 11) is 0. The number of hydrogen-bond acceptors (Lipinski definition) is 1. The molecule has 0 aliphatic carbocycles. The Labute approximate surface area is 119 Å². The molecule has 0 spiro atoms. The van der Waals surface area contributed by atoms with Gasteiger partial charge in [-0.05, 0) is 46.1 Å². The number of rotatable bonds is 1. The minimum absolute atomic E-state index is 0.302. The standard InChI is InChI=1S/C15H12BrFN2/c1-9-6-12(16)13(17)7-14(9)19-8-10-4-2-3-5-11(10)15(19)18/h2-7,18H,8H2,1H3. The summed E-state index contributed by atoms with van der Waals surface area (Å²) >= 11 is 3.18. The predicted molar refractivity (Wildman–Crippen MR) is 78.3 cm³/mol. The molecule has 1 heterocycles. The molecule has 2 aromatic rings. The minimum atomic E-state index is -0.302. The molecule has 0 aromatic heterocycles. The summed E-state index contributed by atoms with van der Waals surface area (Å²) in [6.07, 6.45) is 0. The van der Waals surface area contributed by atoms with Gasteiger partial charge in [-0.25, -0.2) is 4.39 Å². The summed E-state index contributed by atoms with van der Waals surface area (Å²) in [6.45, 7) is 2.55. The van der Waals surface area contributed by atoms with Crippen molar-refractivity contribution < 1.29 is 4.39 Å². The molecule has 0 fully saturated rings. The zero-order chi connectivity index (χ0) is 13.6. The number of nitrogens with one attached hydrogen (secondary N) is 1. The number of nitrogens with zero attached hydrogens (tertiary/aromatic N) is 1. The van der Waals surface area contributed by atoms with Crippen LogP contribution in [0.5, 0.6) is 0 Å². The Kier molecular flexibility index (Phi) is 2.90. The third kappa shape index (κ3) is 1.96. The van der Waals surface area contributed by atoms with Crippen LogP contribution in [0.15, 0.2) is 40.9 Å². The monoisotopic (exact) mass is 318 g/mol. The molecule has 0 bridgehead atoms. The Balaban J connectivity index is 2.07. The van der Waals surface area contributed by atoms with E-state index in [2.05, 4.69) is 15.9 Å². The van der Waals surface area contributed by atoms with Crippen molar-refractivity contribution in [2.45, 2.75) is 13.5 Å². The van der Waals surface area contributed by atoms with Crippen LogP contribution in [0.25, 0.3) is 0 Å². The fourth-order valence-corrected chi connectivity index (χ4v) is 2.87. The fraction of sp³-hybridized carbons (Fsp3) is 0.133. The highest BCUT2D eigenvalue weighted by molar-refractivity contribution is 9.10. The largest absolute Gasteiger partial charge is 0.322 e. The lowest BCUT2D eigenvalue weighted by Crippen LogP contribution is -2.24. The van der Waals surface area contributed by atoms with Gasteiger partial charge in [-0.1, -0.05) is 24.3 Å². The molecule has 19 heavy (non-hydrogen) atoms. The van der Waals surface area contributed by atoms with Gasteiger partial charge in [-0.2, -0.15) is 0 Å². The SMILES string of the molecule is Cc1cc(Br)c(F)cc1N1Cc2ccccc2C1=N. The van der Waals surface area contributed by atoms with E-state index in [9.17, 15) is 4.39 Å². The van der Waals surface area contributed by atoms with E-state index >= 15 is 0 Å². The van der Waals surface area contributed by atoms with Gasteiger partial charge in [0.15, 0.2) is 0 Å². The Bertz CT molecular complexity index is 682. The molecule has 3 rings (SSSR count). The van der Waals surface area contributed by atoms with E-state index < -0.39 is 0 Å². The summed E-state index contributed by atoms with van der Waals surface area (Å²) in [6, 6.07) is 11.1. The van der Waals surface area contributed by atoms with Crippen LogP contribution < -0.4 is 4.90 Å². The van der Waals surface area contributed by atoms with E-state index in [0.717, 1.165) is 22.4 Å². The second-order valence-electron chi connectivity index (χ2n) is 4.64. The molecule has 2 aromatic carbocycles. The summed E-state index contributed by atoms with van der Waals surface area (Å²) in [5.41, 5.74) is 3.73. The summed E-state index contributed by atoms with van der Waals surface area (Å²) in [5.74, 6) is 0.129. The van der Waals surface area contributed by atoms with Gasteiger partial charge in [-0.15, -0.1) is 0 Å². The lowest BCUT2D eigenvalue weighted by Gasteiger charge is -2.20. The van der Waals surface area contributed by atoms with Crippen molar-refractivity contribution in [2.24, 2.45) is 0 Å². The van der Waals surface area contributed by atoms with E-state index in [0.29, 0.717) is 16.9 Å². The average Bonchev–Trinajstić information content (AvgIpc) is 2.72. The van der Waals surface area contributed by atoms with Crippen molar-refractivity contribution in [3.63, 3.8) is 0 Å². The van der Waals surface area contributed by atoms with Crippen LogP contribution in [0, 0.1) is 18.2 Å². The number of aryl methyl sites for hydroxylation is 1. The number of amidine groups is 1. The molecule has 4 heteroatoms. The van der Waals surface area contributed by atoms with Crippen LogP contribution in [0.2, 0.25) is 0 Å². The first-order valence-electron chi connectivity index (χ1n) is 5.98. The van der Waals surface area contributed by atoms with Gasteiger partial charge in [0, 0.05) is 11.3 Å². The second-order valence-corrected chi connectivity index (χ2v) is 5.50. The normalized spacial score (nSPS) is 13.8. The molecular formula is C15H12BrFN2. The van der Waals surface area contributed by atoms with Gasteiger partial charge in [-0.3, -0.25) is 5.41 Å².